The monoisotopic (exact) mass is 127 g/mol. The summed E-state index contributed by atoms with van der Waals surface area (Å²) < 4.78 is 0.755. The van der Waals surface area contributed by atoms with Crippen LogP contribution in [0.2, 0.25) is 0 Å². The molecule has 0 bridgehead atoms. The predicted molar refractivity (Wildman–Crippen MR) is 33.8 cm³/mol. The second-order valence-corrected chi connectivity index (χ2v) is 2.58. The minimum absolute atomic E-state index is 0.755. The summed E-state index contributed by atoms with van der Waals surface area (Å²) in [5, 5.41) is 6.15. The molecule has 0 radical (unpaired) electrons. The summed E-state index contributed by atoms with van der Waals surface area (Å²) in [6.07, 6.45) is 0. The van der Waals surface area contributed by atoms with E-state index in [4.69, 9.17) is 11.1 Å². The lowest BCUT2D eigenvalue weighted by molar-refractivity contribution is -0.167. The van der Waals surface area contributed by atoms with Crippen molar-refractivity contribution >= 4 is 16.3 Å². The summed E-state index contributed by atoms with van der Waals surface area (Å²) in [6, 6.07) is 5.48. The van der Waals surface area contributed by atoms with Crippen LogP contribution in [-0.2, 0) is 0 Å². The van der Waals surface area contributed by atoms with Gasteiger partial charge in [-0.3, -0.25) is 0 Å². The van der Waals surface area contributed by atoms with Crippen molar-refractivity contribution in [2.24, 2.45) is 0 Å². The van der Waals surface area contributed by atoms with Crippen LogP contribution < -0.4 is 15.8 Å². The summed E-state index contributed by atoms with van der Waals surface area (Å²) in [6.45, 7) is 0. The van der Waals surface area contributed by atoms with Crippen LogP contribution in [0.25, 0.3) is 0 Å². The Kier molecular flexibility index (Phi) is 1.30. The molecule has 0 aromatic carbocycles. The second kappa shape index (κ2) is 1.96. The summed E-state index contributed by atoms with van der Waals surface area (Å²) in [5.74, 6) is 0. The molecule has 0 fully saturated rings. The van der Waals surface area contributed by atoms with Crippen LogP contribution >= 0.6 is 11.3 Å². The van der Waals surface area contributed by atoms with Crippen molar-refractivity contribution in [2.45, 2.75) is 0 Å². The lowest BCUT2D eigenvalue weighted by Crippen LogP contribution is -2.42. The van der Waals surface area contributed by atoms with Gasteiger partial charge in [0.25, 0.3) is 4.67 Å². The summed E-state index contributed by atoms with van der Waals surface area (Å²) >= 11 is 1.39. The molecule has 0 amide bonds. The van der Waals surface area contributed by atoms with Crippen molar-refractivity contribution in [3.05, 3.63) is 22.9 Å². The van der Waals surface area contributed by atoms with Crippen LogP contribution in [0.15, 0.2) is 18.2 Å². The van der Waals surface area contributed by atoms with E-state index in [0.717, 1.165) is 9.67 Å². The number of anilines is 1. The molecule has 0 saturated carbocycles. The molecule has 0 saturated heterocycles. The quantitative estimate of drug-likeness (QED) is 0.461. The Hall–Kier alpha value is -0.830. The second-order valence-electron chi connectivity index (χ2n) is 1.43. The van der Waals surface area contributed by atoms with Crippen molar-refractivity contribution in [3.63, 3.8) is 0 Å². The first kappa shape index (κ1) is 5.31. The Labute approximate surface area is 51.1 Å². The van der Waals surface area contributed by atoms with Crippen LogP contribution in [0.4, 0.5) is 5.00 Å². The maximum absolute atomic E-state index is 5.40. The molecule has 0 unspecified atom stereocenters. The molecule has 4 N–H and O–H groups in total. The maximum atomic E-state index is 5.40. The normalized spacial score (nSPS) is 9.00. The molecular weight excluding hydrogens is 120 g/mol. The number of hydrogen-bond donors (Lipinski definition) is 2. The van der Waals surface area contributed by atoms with Gasteiger partial charge in [-0.1, -0.05) is 17.4 Å². The summed E-state index contributed by atoms with van der Waals surface area (Å²) in [7, 11) is 0. The van der Waals surface area contributed by atoms with Crippen LogP contribution in [0.5, 0.6) is 0 Å². The SMILES string of the molecule is Nc1cccc(=[NH2+])s1. The largest absolute Gasteiger partial charge is 0.390 e. The molecule has 1 heterocycles. The van der Waals surface area contributed by atoms with E-state index in [2.05, 4.69) is 0 Å². The maximum Gasteiger partial charge on any atom is 0.254 e. The summed E-state index contributed by atoms with van der Waals surface area (Å²) in [5.41, 5.74) is 5.40. The highest BCUT2D eigenvalue weighted by molar-refractivity contribution is 7.12. The fourth-order valence-electron chi connectivity index (χ4n) is 0.442. The van der Waals surface area contributed by atoms with Gasteiger partial charge in [0.1, 0.15) is 0 Å². The fraction of sp³-hybridized carbons (Fsp3) is 0. The first-order valence-electron chi connectivity index (χ1n) is 2.23. The minimum Gasteiger partial charge on any atom is -0.390 e. The predicted octanol–water partition coefficient (Wildman–Crippen LogP) is -1.01. The lowest BCUT2D eigenvalue weighted by atomic mass is 10.5. The van der Waals surface area contributed by atoms with Crippen molar-refractivity contribution in [1.29, 1.82) is 0 Å². The molecule has 0 atom stereocenters. The first-order valence-corrected chi connectivity index (χ1v) is 3.05. The highest BCUT2D eigenvalue weighted by Gasteiger charge is 1.83. The van der Waals surface area contributed by atoms with E-state index in [0.29, 0.717) is 0 Å². The van der Waals surface area contributed by atoms with Gasteiger partial charge < -0.3 is 5.73 Å². The third-order valence-corrected chi connectivity index (χ3v) is 1.50. The van der Waals surface area contributed by atoms with E-state index in [1.807, 2.05) is 18.2 Å². The Morgan fingerprint density at radius 1 is 1.50 bits per heavy atom. The molecule has 1 aromatic heterocycles. The van der Waals surface area contributed by atoms with Crippen LogP contribution in [0.1, 0.15) is 0 Å². The minimum atomic E-state index is 0.755. The van der Waals surface area contributed by atoms with Gasteiger partial charge in [0.05, 0.1) is 5.00 Å². The molecule has 3 heteroatoms. The van der Waals surface area contributed by atoms with Crippen LogP contribution in [0, 0.1) is 0 Å². The number of nitrogens with two attached hydrogens (primary N) is 2. The van der Waals surface area contributed by atoms with Crippen molar-refractivity contribution in [1.82, 2.24) is 0 Å². The average Bonchev–Trinajstić information content (AvgIpc) is 1.64. The zero-order valence-electron chi connectivity index (χ0n) is 4.29. The highest BCUT2D eigenvalue weighted by Crippen LogP contribution is 1.99. The molecule has 0 aliphatic rings. The zero-order valence-corrected chi connectivity index (χ0v) is 5.11. The van der Waals surface area contributed by atoms with Gasteiger partial charge in [-0.15, -0.1) is 0 Å². The third kappa shape index (κ3) is 1.07. The Morgan fingerprint density at radius 2 is 2.25 bits per heavy atom. The zero-order chi connectivity index (χ0) is 5.98. The smallest absolute Gasteiger partial charge is 0.254 e. The summed E-state index contributed by atoms with van der Waals surface area (Å²) in [4.78, 5) is 0. The molecule has 0 spiro atoms. The van der Waals surface area contributed by atoms with Crippen molar-refractivity contribution in [2.75, 3.05) is 5.73 Å². The molecule has 0 aliphatic carbocycles. The van der Waals surface area contributed by atoms with Gasteiger partial charge in [0.2, 0.25) is 0 Å². The van der Waals surface area contributed by atoms with Gasteiger partial charge >= 0.3 is 0 Å². The number of rotatable bonds is 0. The first-order chi connectivity index (χ1) is 3.79. The molecule has 1 rings (SSSR count). The third-order valence-electron chi connectivity index (χ3n) is 0.757. The van der Waals surface area contributed by atoms with Gasteiger partial charge in [-0.05, 0) is 6.07 Å². The number of nitrogen functional groups attached to an aromatic ring is 1. The standard InChI is InChI=1S/C5H6N2S/c6-4-2-1-3-5(7)8-4/h1-3,6H,7H2/p+1. The van der Waals surface area contributed by atoms with Crippen molar-refractivity contribution < 1.29 is 5.41 Å². The molecule has 2 nitrogen and oxygen atoms in total. The molecular formula is C5H7N2S+. The van der Waals surface area contributed by atoms with E-state index < -0.39 is 0 Å². The van der Waals surface area contributed by atoms with Crippen LogP contribution in [0.3, 0.4) is 0 Å². The average molecular weight is 127 g/mol. The fourth-order valence-corrected chi connectivity index (χ4v) is 1.01. The van der Waals surface area contributed by atoms with Gasteiger partial charge in [-0.25, -0.2) is 5.41 Å². The molecule has 1 aromatic rings. The molecule has 8 heavy (non-hydrogen) atoms. The van der Waals surface area contributed by atoms with E-state index >= 15 is 0 Å². The molecule has 0 aliphatic heterocycles. The van der Waals surface area contributed by atoms with Gasteiger partial charge in [0.15, 0.2) is 0 Å². The van der Waals surface area contributed by atoms with Crippen molar-refractivity contribution in [3.8, 4) is 0 Å². The highest BCUT2D eigenvalue weighted by atomic mass is 32.1. The van der Waals surface area contributed by atoms with E-state index in [9.17, 15) is 0 Å². The van der Waals surface area contributed by atoms with E-state index in [1.165, 1.54) is 11.3 Å². The van der Waals surface area contributed by atoms with Crippen LogP contribution in [-0.4, -0.2) is 0 Å². The topological polar surface area (TPSA) is 51.6 Å². The lowest BCUT2D eigenvalue weighted by Gasteiger charge is -1.81. The Balaban J connectivity index is 3.28. The van der Waals surface area contributed by atoms with E-state index in [1.54, 1.807) is 0 Å². The Morgan fingerprint density at radius 3 is 2.62 bits per heavy atom. The van der Waals surface area contributed by atoms with Gasteiger partial charge in [0, 0.05) is 6.07 Å². The van der Waals surface area contributed by atoms with E-state index in [-0.39, 0.29) is 0 Å². The molecule has 42 valence electrons. The Bertz CT molecular complexity index is 228. The van der Waals surface area contributed by atoms with Gasteiger partial charge in [-0.2, -0.15) is 0 Å². The number of hydrogen-bond acceptors (Lipinski definition) is 2.